The van der Waals surface area contributed by atoms with Gasteiger partial charge in [0.15, 0.2) is 0 Å². The first-order valence-corrected chi connectivity index (χ1v) is 10.5. The molecule has 144 valence electrons. The number of hydrogen-bond donors (Lipinski definition) is 1. The van der Waals surface area contributed by atoms with E-state index in [1.807, 2.05) is 6.92 Å². The SMILES string of the molecule is CCCCCCCCC(CCCCCC)CC(=O)OCC(O)CC. The molecule has 0 aliphatic heterocycles. The Morgan fingerprint density at radius 2 is 1.33 bits per heavy atom. The lowest BCUT2D eigenvalue weighted by Crippen LogP contribution is -2.19. The molecule has 0 heterocycles. The van der Waals surface area contributed by atoms with Crippen molar-refractivity contribution in [1.29, 1.82) is 0 Å². The highest BCUT2D eigenvalue weighted by Crippen LogP contribution is 2.22. The van der Waals surface area contributed by atoms with Crippen molar-refractivity contribution in [3.63, 3.8) is 0 Å². The van der Waals surface area contributed by atoms with Crippen molar-refractivity contribution < 1.29 is 14.6 Å². The first-order chi connectivity index (χ1) is 11.6. The number of aliphatic hydroxyl groups is 1. The van der Waals surface area contributed by atoms with E-state index in [0.717, 1.165) is 12.8 Å². The van der Waals surface area contributed by atoms with Gasteiger partial charge in [-0.15, -0.1) is 0 Å². The van der Waals surface area contributed by atoms with Crippen molar-refractivity contribution in [2.45, 2.75) is 117 Å². The van der Waals surface area contributed by atoms with Gasteiger partial charge in [0, 0.05) is 6.42 Å². The minimum atomic E-state index is -0.518. The highest BCUT2D eigenvalue weighted by atomic mass is 16.5. The van der Waals surface area contributed by atoms with Crippen LogP contribution in [0.5, 0.6) is 0 Å². The predicted molar refractivity (Wildman–Crippen MR) is 102 cm³/mol. The summed E-state index contributed by atoms with van der Waals surface area (Å²) in [6.45, 7) is 6.51. The summed E-state index contributed by atoms with van der Waals surface area (Å²) < 4.78 is 5.22. The number of carbonyl (C=O) groups excluding carboxylic acids is 1. The maximum absolute atomic E-state index is 12.0. The molecule has 0 spiro atoms. The normalized spacial score (nSPS) is 13.7. The Morgan fingerprint density at radius 3 is 1.88 bits per heavy atom. The van der Waals surface area contributed by atoms with Crippen LogP contribution in [0.4, 0.5) is 0 Å². The second-order valence-electron chi connectivity index (χ2n) is 7.22. The lowest BCUT2D eigenvalue weighted by molar-refractivity contribution is -0.147. The molecule has 3 nitrogen and oxygen atoms in total. The van der Waals surface area contributed by atoms with E-state index in [4.69, 9.17) is 4.74 Å². The zero-order chi connectivity index (χ0) is 18.0. The monoisotopic (exact) mass is 342 g/mol. The maximum Gasteiger partial charge on any atom is 0.306 e. The molecule has 0 saturated heterocycles. The number of rotatable bonds is 17. The van der Waals surface area contributed by atoms with Crippen LogP contribution in [0.25, 0.3) is 0 Å². The van der Waals surface area contributed by atoms with Crippen molar-refractivity contribution in [1.82, 2.24) is 0 Å². The molecule has 24 heavy (non-hydrogen) atoms. The summed E-state index contributed by atoms with van der Waals surface area (Å²) >= 11 is 0. The van der Waals surface area contributed by atoms with E-state index in [1.54, 1.807) is 0 Å². The molecular weight excluding hydrogens is 300 g/mol. The zero-order valence-electron chi connectivity index (χ0n) is 16.5. The van der Waals surface area contributed by atoms with Gasteiger partial charge >= 0.3 is 5.97 Å². The van der Waals surface area contributed by atoms with E-state index >= 15 is 0 Å². The molecule has 0 aliphatic rings. The number of carbonyl (C=O) groups is 1. The van der Waals surface area contributed by atoms with Crippen LogP contribution >= 0.6 is 0 Å². The minimum absolute atomic E-state index is 0.131. The van der Waals surface area contributed by atoms with Crippen LogP contribution in [0.1, 0.15) is 111 Å². The first-order valence-electron chi connectivity index (χ1n) is 10.5. The molecular formula is C21H42O3. The largest absolute Gasteiger partial charge is 0.463 e. The number of aliphatic hydroxyl groups excluding tert-OH is 1. The zero-order valence-corrected chi connectivity index (χ0v) is 16.5. The van der Waals surface area contributed by atoms with E-state index in [-0.39, 0.29) is 12.6 Å². The molecule has 0 aromatic carbocycles. The van der Waals surface area contributed by atoms with Crippen molar-refractivity contribution in [2.75, 3.05) is 6.61 Å². The Morgan fingerprint density at radius 1 is 0.833 bits per heavy atom. The van der Waals surface area contributed by atoms with Crippen LogP contribution in [0.3, 0.4) is 0 Å². The summed E-state index contributed by atoms with van der Waals surface area (Å²) in [5.74, 6) is 0.327. The summed E-state index contributed by atoms with van der Waals surface area (Å²) in [6, 6.07) is 0. The molecule has 0 saturated carbocycles. The standard InChI is InChI=1S/C21H42O3/c1-4-7-9-11-12-14-16-19(15-13-10-8-5-2)17-21(23)24-18-20(22)6-3/h19-20,22H,4-18H2,1-3H3. The van der Waals surface area contributed by atoms with Crippen LogP contribution in [0.15, 0.2) is 0 Å². The second kappa shape index (κ2) is 17.3. The summed E-state index contributed by atoms with van der Waals surface area (Å²) in [6.07, 6.45) is 15.8. The quantitative estimate of drug-likeness (QED) is 0.259. The third-order valence-electron chi connectivity index (χ3n) is 4.80. The molecule has 0 amide bonds. The summed E-state index contributed by atoms with van der Waals surface area (Å²) in [5, 5.41) is 9.51. The van der Waals surface area contributed by atoms with Crippen LogP contribution in [-0.2, 0) is 9.53 Å². The van der Waals surface area contributed by atoms with Crippen LogP contribution in [0, 0.1) is 5.92 Å². The lowest BCUT2D eigenvalue weighted by Gasteiger charge is -2.17. The fourth-order valence-electron chi connectivity index (χ4n) is 3.02. The molecule has 0 aromatic rings. The van der Waals surface area contributed by atoms with Gasteiger partial charge in [0.1, 0.15) is 6.61 Å². The fourth-order valence-corrected chi connectivity index (χ4v) is 3.02. The number of ether oxygens (including phenoxy) is 1. The Bertz CT molecular complexity index is 278. The maximum atomic E-state index is 12.0. The number of unbranched alkanes of at least 4 members (excludes halogenated alkanes) is 8. The molecule has 0 aromatic heterocycles. The van der Waals surface area contributed by atoms with Gasteiger partial charge in [0.05, 0.1) is 6.10 Å². The van der Waals surface area contributed by atoms with E-state index in [2.05, 4.69) is 13.8 Å². The molecule has 1 N–H and O–H groups in total. The highest BCUT2D eigenvalue weighted by molar-refractivity contribution is 5.69. The lowest BCUT2D eigenvalue weighted by atomic mass is 9.91. The minimum Gasteiger partial charge on any atom is -0.463 e. The third kappa shape index (κ3) is 15.0. The molecule has 0 fully saturated rings. The van der Waals surface area contributed by atoms with Gasteiger partial charge in [-0.25, -0.2) is 0 Å². The first kappa shape index (κ1) is 23.4. The summed E-state index contributed by atoms with van der Waals surface area (Å²) in [7, 11) is 0. The van der Waals surface area contributed by atoms with Crippen LogP contribution in [0.2, 0.25) is 0 Å². The van der Waals surface area contributed by atoms with E-state index in [1.165, 1.54) is 64.2 Å². The van der Waals surface area contributed by atoms with Crippen LogP contribution < -0.4 is 0 Å². The smallest absolute Gasteiger partial charge is 0.306 e. The molecule has 0 aliphatic carbocycles. The second-order valence-corrected chi connectivity index (χ2v) is 7.22. The highest BCUT2D eigenvalue weighted by Gasteiger charge is 2.15. The molecule has 2 atom stereocenters. The van der Waals surface area contributed by atoms with Crippen molar-refractivity contribution in [2.24, 2.45) is 5.92 Å². The fraction of sp³-hybridized carbons (Fsp3) is 0.952. The van der Waals surface area contributed by atoms with Gasteiger partial charge in [-0.2, -0.15) is 0 Å². The molecule has 2 unspecified atom stereocenters. The van der Waals surface area contributed by atoms with Crippen molar-refractivity contribution in [3.05, 3.63) is 0 Å². The molecule has 0 rings (SSSR count). The van der Waals surface area contributed by atoms with E-state index < -0.39 is 6.10 Å². The summed E-state index contributed by atoms with van der Waals surface area (Å²) in [4.78, 5) is 12.0. The number of hydrogen-bond acceptors (Lipinski definition) is 3. The van der Waals surface area contributed by atoms with Gasteiger partial charge in [0.2, 0.25) is 0 Å². The van der Waals surface area contributed by atoms with Gasteiger partial charge in [-0.1, -0.05) is 85.0 Å². The molecule has 0 bridgehead atoms. The average Bonchev–Trinajstić information content (AvgIpc) is 2.59. The van der Waals surface area contributed by atoms with Crippen molar-refractivity contribution in [3.8, 4) is 0 Å². The molecule has 3 heteroatoms. The average molecular weight is 343 g/mol. The van der Waals surface area contributed by atoms with Gasteiger partial charge in [-0.3, -0.25) is 4.79 Å². The summed E-state index contributed by atoms with van der Waals surface area (Å²) in [5.41, 5.74) is 0. The van der Waals surface area contributed by atoms with Crippen molar-refractivity contribution >= 4 is 5.97 Å². The van der Waals surface area contributed by atoms with Gasteiger partial charge in [-0.05, 0) is 25.2 Å². The topological polar surface area (TPSA) is 46.5 Å². The number of esters is 1. The Hall–Kier alpha value is -0.570. The Labute approximate surface area is 150 Å². The van der Waals surface area contributed by atoms with Crippen LogP contribution in [-0.4, -0.2) is 23.8 Å². The van der Waals surface area contributed by atoms with E-state index in [9.17, 15) is 9.90 Å². The third-order valence-corrected chi connectivity index (χ3v) is 4.80. The van der Waals surface area contributed by atoms with E-state index in [0.29, 0.717) is 18.8 Å². The Balaban J connectivity index is 4.04. The van der Waals surface area contributed by atoms with Gasteiger partial charge < -0.3 is 9.84 Å². The predicted octanol–water partition coefficient (Wildman–Crippen LogP) is 6.03. The molecule has 0 radical (unpaired) electrons. The Kier molecular flexibility index (Phi) is 16.8. The van der Waals surface area contributed by atoms with Gasteiger partial charge in [0.25, 0.3) is 0 Å².